The lowest BCUT2D eigenvalue weighted by molar-refractivity contribution is 1.31. The van der Waals surface area contributed by atoms with Crippen molar-refractivity contribution in [2.45, 2.75) is 0 Å². The van der Waals surface area contributed by atoms with E-state index in [1.165, 1.54) is 93.4 Å². The average molecular weight is 664 g/mol. The molecule has 4 heteroatoms. The molecular weight excluding hydrogens is 639 g/mol. The maximum absolute atomic E-state index is 2.45. The summed E-state index contributed by atoms with van der Waals surface area (Å²) in [5.74, 6) is 0. The highest BCUT2D eigenvalue weighted by atomic mass is 32.1. The third-order valence-corrected chi connectivity index (χ3v) is 13.4. The molecule has 3 aromatic heterocycles. The van der Waals surface area contributed by atoms with Gasteiger partial charge in [-0.05, 0) is 64.0 Å². The van der Waals surface area contributed by atoms with Gasteiger partial charge in [-0.25, -0.2) is 0 Å². The van der Waals surface area contributed by atoms with Gasteiger partial charge in [0.05, 0.1) is 10.4 Å². The number of hydrogen-bond acceptors (Lipinski definition) is 4. The van der Waals surface area contributed by atoms with Crippen LogP contribution < -0.4 is 4.90 Å². The summed E-state index contributed by atoms with van der Waals surface area (Å²) in [6, 6.07) is 56.1. The van der Waals surface area contributed by atoms with Crippen molar-refractivity contribution in [1.82, 2.24) is 0 Å². The van der Waals surface area contributed by atoms with Crippen LogP contribution in [0.15, 0.2) is 152 Å². The molecular formula is C44H25NS3. The van der Waals surface area contributed by atoms with Crippen LogP contribution in [0.5, 0.6) is 0 Å². The van der Waals surface area contributed by atoms with Crippen molar-refractivity contribution in [1.29, 1.82) is 0 Å². The van der Waals surface area contributed by atoms with Crippen molar-refractivity contribution >= 4 is 133 Å². The Hall–Kier alpha value is -5.26. The van der Waals surface area contributed by atoms with Crippen molar-refractivity contribution in [2.75, 3.05) is 4.90 Å². The van der Waals surface area contributed by atoms with E-state index in [1.54, 1.807) is 0 Å². The number of rotatable bonds is 3. The molecule has 1 nitrogen and oxygen atoms in total. The molecule has 0 aliphatic heterocycles. The van der Waals surface area contributed by atoms with Crippen molar-refractivity contribution < 1.29 is 0 Å². The summed E-state index contributed by atoms with van der Waals surface area (Å²) in [4.78, 5) is 2.45. The Labute approximate surface area is 288 Å². The van der Waals surface area contributed by atoms with Gasteiger partial charge < -0.3 is 4.90 Å². The molecule has 224 valence electrons. The van der Waals surface area contributed by atoms with Gasteiger partial charge in [0.2, 0.25) is 0 Å². The lowest BCUT2D eigenvalue weighted by atomic mass is 10.0. The molecule has 0 saturated carbocycles. The molecule has 0 amide bonds. The van der Waals surface area contributed by atoms with Gasteiger partial charge in [-0.2, -0.15) is 0 Å². The summed E-state index contributed by atoms with van der Waals surface area (Å²) in [6.45, 7) is 0. The molecule has 8 aromatic carbocycles. The van der Waals surface area contributed by atoms with Crippen molar-refractivity contribution in [3.05, 3.63) is 152 Å². The molecule has 0 unspecified atom stereocenters. The third-order valence-electron chi connectivity index (χ3n) is 9.83. The van der Waals surface area contributed by atoms with Gasteiger partial charge in [0.25, 0.3) is 0 Å². The molecule has 0 saturated heterocycles. The summed E-state index contributed by atoms with van der Waals surface area (Å²) in [5.41, 5.74) is 3.54. The van der Waals surface area contributed by atoms with Crippen LogP contribution in [0, 0.1) is 0 Å². The minimum atomic E-state index is 1.16. The summed E-state index contributed by atoms with van der Waals surface area (Å²) < 4.78 is 8.03. The second-order valence-electron chi connectivity index (χ2n) is 12.5. The number of para-hydroxylation sites is 1. The van der Waals surface area contributed by atoms with Crippen LogP contribution in [0.25, 0.3) is 82.1 Å². The lowest BCUT2D eigenvalue weighted by Gasteiger charge is -2.26. The van der Waals surface area contributed by atoms with Gasteiger partial charge in [-0.3, -0.25) is 0 Å². The molecule has 0 radical (unpaired) electrons. The summed E-state index contributed by atoms with van der Waals surface area (Å²) in [5, 5.41) is 13.3. The molecule has 0 spiro atoms. The number of thiophene rings is 3. The van der Waals surface area contributed by atoms with Crippen LogP contribution in [-0.4, -0.2) is 0 Å². The number of fused-ring (bicyclic) bond motifs is 14. The third kappa shape index (κ3) is 3.76. The van der Waals surface area contributed by atoms with E-state index in [0.717, 1.165) is 5.69 Å². The Morgan fingerprint density at radius 1 is 0.333 bits per heavy atom. The Bertz CT molecular complexity index is 3070. The predicted molar refractivity (Wildman–Crippen MR) is 215 cm³/mol. The van der Waals surface area contributed by atoms with Gasteiger partial charge in [0.1, 0.15) is 0 Å². The van der Waals surface area contributed by atoms with Crippen molar-refractivity contribution in [3.8, 4) is 0 Å². The molecule has 48 heavy (non-hydrogen) atoms. The topological polar surface area (TPSA) is 3.24 Å². The largest absolute Gasteiger partial charge is 0.309 e. The van der Waals surface area contributed by atoms with Crippen LogP contribution in [0.4, 0.5) is 17.1 Å². The predicted octanol–water partition coefficient (Wildman–Crippen LogP) is 14.6. The average Bonchev–Trinajstić information content (AvgIpc) is 3.83. The first-order valence-corrected chi connectivity index (χ1v) is 18.6. The van der Waals surface area contributed by atoms with E-state index in [0.29, 0.717) is 0 Å². The lowest BCUT2D eigenvalue weighted by Crippen LogP contribution is -2.09. The Balaban J connectivity index is 1.18. The smallest absolute Gasteiger partial charge is 0.0640 e. The molecule has 3 heterocycles. The van der Waals surface area contributed by atoms with E-state index in [9.17, 15) is 0 Å². The van der Waals surface area contributed by atoms with Crippen LogP contribution in [0.3, 0.4) is 0 Å². The van der Waals surface area contributed by atoms with Gasteiger partial charge in [0.15, 0.2) is 0 Å². The molecule has 0 bridgehead atoms. The molecule has 11 rings (SSSR count). The van der Waals surface area contributed by atoms with E-state index in [1.807, 2.05) is 34.0 Å². The highest BCUT2D eigenvalue weighted by molar-refractivity contribution is 7.29. The fourth-order valence-electron chi connectivity index (χ4n) is 7.68. The van der Waals surface area contributed by atoms with Gasteiger partial charge >= 0.3 is 0 Å². The zero-order valence-corrected chi connectivity index (χ0v) is 28.1. The molecule has 0 aliphatic rings. The number of hydrogen-bond donors (Lipinski definition) is 0. The highest BCUT2D eigenvalue weighted by Crippen LogP contribution is 2.50. The normalized spacial score (nSPS) is 12.2. The van der Waals surface area contributed by atoms with Crippen molar-refractivity contribution in [3.63, 3.8) is 0 Å². The molecule has 0 N–H and O–H groups in total. The zero-order valence-electron chi connectivity index (χ0n) is 25.6. The summed E-state index contributed by atoms with van der Waals surface area (Å²) >= 11 is 5.73. The first-order chi connectivity index (χ1) is 23.8. The summed E-state index contributed by atoms with van der Waals surface area (Å²) in [6.07, 6.45) is 0. The molecule has 0 aliphatic carbocycles. The second-order valence-corrected chi connectivity index (χ2v) is 15.6. The SMILES string of the molecule is c1ccc(N(c2ccc3c(c2)sc2c4ccccc4ccc32)c2cccc3c2sc2ccc4sc5c6ccccc6ccc5c4c23)cc1. The van der Waals surface area contributed by atoms with E-state index in [-0.39, 0.29) is 0 Å². The van der Waals surface area contributed by atoms with Crippen LogP contribution in [0.1, 0.15) is 0 Å². The van der Waals surface area contributed by atoms with E-state index >= 15 is 0 Å². The first-order valence-electron chi connectivity index (χ1n) is 16.2. The maximum atomic E-state index is 2.45. The standard InChI is InChI=1S/C44H25NS3/c1-2-11-28(12-3-1)45(29-19-22-32-33-20-17-26-9-4-6-13-30(26)42(33)48-39(32)25-29)36-16-8-15-34-40-38(47-44(34)36)24-23-37-41(40)35-21-18-27-10-5-7-14-31(27)43(35)46-37/h1-25H. The van der Waals surface area contributed by atoms with Crippen LogP contribution >= 0.6 is 34.0 Å². The van der Waals surface area contributed by atoms with Gasteiger partial charge in [-0.1, -0.05) is 109 Å². The fraction of sp³-hybridized carbons (Fsp3) is 0. The van der Waals surface area contributed by atoms with Crippen molar-refractivity contribution in [2.24, 2.45) is 0 Å². The molecule has 0 atom stereocenters. The van der Waals surface area contributed by atoms with E-state index < -0.39 is 0 Å². The second kappa shape index (κ2) is 10.1. The fourth-order valence-corrected chi connectivity index (χ4v) is 11.4. The maximum Gasteiger partial charge on any atom is 0.0640 e. The molecule has 0 fully saturated rings. The van der Waals surface area contributed by atoms with Gasteiger partial charge in [0, 0.05) is 67.2 Å². The minimum absolute atomic E-state index is 1.16. The van der Waals surface area contributed by atoms with Gasteiger partial charge in [-0.15, -0.1) is 34.0 Å². The first kappa shape index (κ1) is 26.8. The quantitative estimate of drug-likeness (QED) is 0.182. The van der Waals surface area contributed by atoms with Crippen LogP contribution in [-0.2, 0) is 0 Å². The van der Waals surface area contributed by atoms with E-state index in [4.69, 9.17) is 0 Å². The number of nitrogens with zero attached hydrogens (tertiary/aromatic N) is 1. The minimum Gasteiger partial charge on any atom is -0.309 e. The van der Waals surface area contributed by atoms with Crippen LogP contribution in [0.2, 0.25) is 0 Å². The zero-order chi connectivity index (χ0) is 31.3. The summed E-state index contributed by atoms with van der Waals surface area (Å²) in [7, 11) is 0. The monoisotopic (exact) mass is 663 g/mol. The number of benzene rings is 8. The highest BCUT2D eigenvalue weighted by Gasteiger charge is 2.21. The Morgan fingerprint density at radius 3 is 1.65 bits per heavy atom. The Morgan fingerprint density at radius 2 is 0.896 bits per heavy atom. The Kier molecular flexibility index (Phi) is 5.64. The number of anilines is 3. The van der Waals surface area contributed by atoms with E-state index in [2.05, 4.69) is 157 Å². The molecule has 11 aromatic rings.